The van der Waals surface area contributed by atoms with Crippen LogP contribution in [-0.4, -0.2) is 47.3 Å². The fraction of sp³-hybridized carbons (Fsp3) is 0.571. The van der Waals surface area contributed by atoms with Crippen molar-refractivity contribution in [1.29, 1.82) is 0 Å². The second-order valence-corrected chi connectivity index (χ2v) is 8.18. The molecule has 1 aromatic carbocycles. The molecule has 1 saturated heterocycles. The molecule has 0 amide bonds. The zero-order valence-electron chi connectivity index (χ0n) is 15.6. The summed E-state index contributed by atoms with van der Waals surface area (Å²) in [6, 6.07) is 8.98. The first-order chi connectivity index (χ1) is 12.7. The summed E-state index contributed by atoms with van der Waals surface area (Å²) in [5.74, 6) is 0.0623. The number of hydrogen-bond acceptors (Lipinski definition) is 4. The molecule has 2 aromatic rings. The largest absolute Gasteiger partial charge is 0.469 e. The van der Waals surface area contributed by atoms with Crippen LogP contribution in [0.4, 0.5) is 0 Å². The van der Waals surface area contributed by atoms with Crippen LogP contribution < -0.4 is 0 Å². The molecular formula is C21H27ClN2O3. The van der Waals surface area contributed by atoms with E-state index in [1.165, 1.54) is 29.3 Å². The van der Waals surface area contributed by atoms with Crippen molar-refractivity contribution < 1.29 is 14.6 Å². The Morgan fingerprint density at radius 3 is 2.93 bits per heavy atom. The standard InChI is InChI=1S/C21H26N2O3.ClH/c1-26-21(25)19-15-11-23-9-8-14-13-4-2-3-5-16(13)22-20(14)17(23)10-12(15)6-7-18(19)24;/h2-5,12,15,17-19,22,24H,6-11H2,1H3;1H/t12-,15+,17+,18+,19-;/m1./s1. The molecule has 3 aliphatic rings. The SMILES string of the molecule is COC(=O)[C@@H]1[C@H]2CN3CCc4c([nH]c5ccccc45)[C@@H]3C[C@H]2CC[C@@H]1O.Cl. The van der Waals surface area contributed by atoms with Crippen LogP contribution in [-0.2, 0) is 16.0 Å². The van der Waals surface area contributed by atoms with Crippen LogP contribution >= 0.6 is 12.4 Å². The fourth-order valence-corrected chi connectivity index (χ4v) is 5.79. The summed E-state index contributed by atoms with van der Waals surface area (Å²) in [6.45, 7) is 1.90. The number of H-pyrrole nitrogens is 1. The molecule has 2 N–H and O–H groups in total. The maximum atomic E-state index is 12.3. The summed E-state index contributed by atoms with van der Waals surface area (Å²) in [5.41, 5.74) is 4.07. The number of nitrogens with zero attached hydrogens (tertiary/aromatic N) is 1. The van der Waals surface area contributed by atoms with E-state index in [9.17, 15) is 9.90 Å². The zero-order chi connectivity index (χ0) is 17.8. The van der Waals surface area contributed by atoms with Crippen molar-refractivity contribution in [3.05, 3.63) is 35.5 Å². The maximum absolute atomic E-state index is 12.3. The number of rotatable bonds is 1. The van der Waals surface area contributed by atoms with Gasteiger partial charge in [-0.3, -0.25) is 9.69 Å². The van der Waals surface area contributed by atoms with Gasteiger partial charge in [0, 0.05) is 29.7 Å². The number of aliphatic hydroxyl groups is 1. The number of aromatic nitrogens is 1. The van der Waals surface area contributed by atoms with E-state index in [-0.39, 0.29) is 30.2 Å². The highest BCUT2D eigenvalue weighted by Gasteiger charge is 2.49. The Labute approximate surface area is 165 Å². The first-order valence-electron chi connectivity index (χ1n) is 9.76. The molecular weight excluding hydrogens is 364 g/mol. The van der Waals surface area contributed by atoms with Crippen LogP contribution in [0.25, 0.3) is 10.9 Å². The highest BCUT2D eigenvalue weighted by molar-refractivity contribution is 5.85. The van der Waals surface area contributed by atoms with E-state index in [0.29, 0.717) is 18.4 Å². The Morgan fingerprint density at radius 1 is 1.30 bits per heavy atom. The van der Waals surface area contributed by atoms with Gasteiger partial charge in [-0.05, 0) is 49.1 Å². The van der Waals surface area contributed by atoms with Crippen molar-refractivity contribution in [3.63, 3.8) is 0 Å². The van der Waals surface area contributed by atoms with Gasteiger partial charge in [0.15, 0.2) is 0 Å². The number of para-hydroxylation sites is 1. The van der Waals surface area contributed by atoms with E-state index >= 15 is 0 Å². The molecule has 3 heterocycles. The Hall–Kier alpha value is -1.56. The van der Waals surface area contributed by atoms with Crippen molar-refractivity contribution in [1.82, 2.24) is 9.88 Å². The predicted molar refractivity (Wildman–Crippen MR) is 106 cm³/mol. The number of methoxy groups -OCH3 is 1. The summed E-state index contributed by atoms with van der Waals surface area (Å²) >= 11 is 0. The highest BCUT2D eigenvalue weighted by atomic mass is 35.5. The summed E-state index contributed by atoms with van der Waals surface area (Å²) in [4.78, 5) is 18.5. The first kappa shape index (κ1) is 18.8. The van der Waals surface area contributed by atoms with E-state index in [1.54, 1.807) is 0 Å². The second-order valence-electron chi connectivity index (χ2n) is 8.18. The smallest absolute Gasteiger partial charge is 0.311 e. The quantitative estimate of drug-likeness (QED) is 0.734. The summed E-state index contributed by atoms with van der Waals surface area (Å²) in [5, 5.41) is 11.8. The highest BCUT2D eigenvalue weighted by Crippen LogP contribution is 2.49. The minimum absolute atomic E-state index is 0. The van der Waals surface area contributed by atoms with Crippen LogP contribution in [0.15, 0.2) is 24.3 Å². The number of benzene rings is 1. The minimum Gasteiger partial charge on any atom is -0.469 e. The molecule has 1 aliphatic carbocycles. The average molecular weight is 391 g/mol. The fourth-order valence-electron chi connectivity index (χ4n) is 5.79. The van der Waals surface area contributed by atoms with Crippen molar-refractivity contribution >= 4 is 29.3 Å². The van der Waals surface area contributed by atoms with Gasteiger partial charge in [-0.25, -0.2) is 0 Å². The summed E-state index contributed by atoms with van der Waals surface area (Å²) in [7, 11) is 1.43. The molecule has 1 aromatic heterocycles. The second kappa shape index (κ2) is 7.12. The molecule has 5 atom stereocenters. The lowest BCUT2D eigenvalue weighted by molar-refractivity contribution is -0.160. The van der Waals surface area contributed by atoms with Crippen LogP contribution in [0.3, 0.4) is 0 Å². The number of piperidine rings is 1. The van der Waals surface area contributed by atoms with Gasteiger partial charge >= 0.3 is 5.97 Å². The lowest BCUT2D eigenvalue weighted by Crippen LogP contribution is -2.54. The van der Waals surface area contributed by atoms with Gasteiger partial charge in [-0.1, -0.05) is 18.2 Å². The third-order valence-electron chi connectivity index (χ3n) is 7.03. The first-order valence-corrected chi connectivity index (χ1v) is 9.76. The normalized spacial score (nSPS) is 32.7. The molecule has 146 valence electrons. The molecule has 5 nitrogen and oxygen atoms in total. The molecule has 1 saturated carbocycles. The number of hydrogen-bond donors (Lipinski definition) is 2. The van der Waals surface area contributed by atoms with E-state index in [0.717, 1.165) is 32.4 Å². The number of carbonyl (C=O) groups is 1. The lowest BCUT2D eigenvalue weighted by Gasteiger charge is -2.50. The zero-order valence-corrected chi connectivity index (χ0v) is 16.4. The number of nitrogens with one attached hydrogen (secondary N) is 1. The van der Waals surface area contributed by atoms with E-state index in [2.05, 4.69) is 34.1 Å². The molecule has 6 heteroatoms. The van der Waals surface area contributed by atoms with Crippen LogP contribution in [0.1, 0.15) is 36.6 Å². The summed E-state index contributed by atoms with van der Waals surface area (Å²) < 4.78 is 5.02. The van der Waals surface area contributed by atoms with Crippen molar-refractivity contribution in [2.45, 2.75) is 37.8 Å². The molecule has 0 unspecified atom stereocenters. The number of ether oxygens (including phenoxy) is 1. The average Bonchev–Trinajstić information content (AvgIpc) is 3.05. The van der Waals surface area contributed by atoms with E-state index in [1.807, 2.05) is 0 Å². The molecule has 0 radical (unpaired) electrons. The lowest BCUT2D eigenvalue weighted by atomic mass is 9.65. The number of aromatic amines is 1. The molecule has 0 bridgehead atoms. The number of fused-ring (bicyclic) bond motifs is 6. The van der Waals surface area contributed by atoms with E-state index in [4.69, 9.17) is 4.74 Å². The van der Waals surface area contributed by atoms with Gasteiger partial charge < -0.3 is 14.8 Å². The van der Waals surface area contributed by atoms with Gasteiger partial charge in [-0.15, -0.1) is 12.4 Å². The van der Waals surface area contributed by atoms with Crippen molar-refractivity contribution in [2.24, 2.45) is 17.8 Å². The molecule has 2 aliphatic heterocycles. The van der Waals surface area contributed by atoms with Crippen LogP contribution in [0.2, 0.25) is 0 Å². The Balaban J connectivity index is 0.00000180. The van der Waals surface area contributed by atoms with Gasteiger partial charge in [0.05, 0.1) is 25.2 Å². The number of halogens is 1. The Morgan fingerprint density at radius 2 is 2.11 bits per heavy atom. The van der Waals surface area contributed by atoms with Gasteiger partial charge in [0.1, 0.15) is 0 Å². The minimum atomic E-state index is -0.561. The molecule has 2 fully saturated rings. The number of esters is 1. The molecule has 0 spiro atoms. The number of aliphatic hydroxyl groups excluding tert-OH is 1. The third-order valence-corrected chi connectivity index (χ3v) is 7.03. The molecule has 5 rings (SSSR count). The van der Waals surface area contributed by atoms with Gasteiger partial charge in [0.2, 0.25) is 0 Å². The number of carbonyl (C=O) groups excluding carboxylic acids is 1. The Bertz CT molecular complexity index is 851. The van der Waals surface area contributed by atoms with E-state index < -0.39 is 6.10 Å². The monoisotopic (exact) mass is 390 g/mol. The predicted octanol–water partition coefficient (Wildman–Crippen LogP) is 3.07. The third kappa shape index (κ3) is 2.87. The Kier molecular flexibility index (Phi) is 4.95. The van der Waals surface area contributed by atoms with Crippen LogP contribution in [0, 0.1) is 17.8 Å². The van der Waals surface area contributed by atoms with Gasteiger partial charge in [0.25, 0.3) is 0 Å². The molecule has 27 heavy (non-hydrogen) atoms. The topological polar surface area (TPSA) is 65.6 Å². The van der Waals surface area contributed by atoms with Crippen molar-refractivity contribution in [2.75, 3.05) is 20.2 Å². The van der Waals surface area contributed by atoms with Crippen LogP contribution in [0.5, 0.6) is 0 Å². The summed E-state index contributed by atoms with van der Waals surface area (Å²) in [6.07, 6.45) is 3.24. The van der Waals surface area contributed by atoms with Gasteiger partial charge in [-0.2, -0.15) is 0 Å². The van der Waals surface area contributed by atoms with Crippen molar-refractivity contribution in [3.8, 4) is 0 Å². The maximum Gasteiger partial charge on any atom is 0.311 e.